The second kappa shape index (κ2) is 16.4. The Morgan fingerprint density at radius 2 is 1.19 bits per heavy atom. The molecule has 4 nitrogen and oxygen atoms in total. The Labute approximate surface area is 381 Å². The third-order valence-electron chi connectivity index (χ3n) is 11.8. The average molecular weight is 893 g/mol. The summed E-state index contributed by atoms with van der Waals surface area (Å²) in [4.78, 5) is 10.5. The second-order valence-corrected chi connectivity index (χ2v) is 31.1. The number of phenols is 1. The molecule has 0 spiro atoms. The predicted octanol–water partition coefficient (Wildman–Crippen LogP) is 15.8. The Kier molecular flexibility index (Phi) is 10.8. The summed E-state index contributed by atoms with van der Waals surface area (Å²) in [5.41, 5.74) is 14.4. The van der Waals surface area contributed by atoms with Crippen molar-refractivity contribution in [3.63, 3.8) is 0 Å². The molecule has 6 aromatic carbocycles. The van der Waals surface area contributed by atoms with E-state index in [0.717, 1.165) is 78.0 Å². The first-order valence-electron chi connectivity index (χ1n) is 23.2. The van der Waals surface area contributed by atoms with Crippen molar-refractivity contribution < 1.29 is 7.85 Å². The summed E-state index contributed by atoms with van der Waals surface area (Å²) in [5.74, 6) is 7.25. The van der Waals surface area contributed by atoms with Crippen LogP contribution in [0, 0.1) is 0 Å². The number of pyridine rings is 1. The van der Waals surface area contributed by atoms with E-state index in [1.54, 1.807) is 6.20 Å². The van der Waals surface area contributed by atoms with Gasteiger partial charge in [-0.15, -0.1) is 0 Å². The normalized spacial score (nSPS) is 13.3. The Hall–Kier alpha value is -5.72. The number of para-hydroxylation sites is 1. The van der Waals surface area contributed by atoms with Crippen molar-refractivity contribution in [3.05, 3.63) is 168 Å². The quantitative estimate of drug-likeness (QED) is 0.155. The zero-order valence-corrected chi connectivity index (χ0v) is 41.2. The first kappa shape index (κ1) is 41.3. The van der Waals surface area contributed by atoms with E-state index in [1.165, 1.54) is 0 Å². The molecule has 0 aliphatic carbocycles. The van der Waals surface area contributed by atoms with Gasteiger partial charge in [-0.05, 0) is 51.3 Å². The maximum atomic E-state index is 12.6. The van der Waals surface area contributed by atoms with E-state index in [0.29, 0.717) is 17.0 Å². The van der Waals surface area contributed by atoms with E-state index in [2.05, 4.69) is 199 Å². The van der Waals surface area contributed by atoms with Gasteiger partial charge in [0.15, 0.2) is 0 Å². The number of benzene rings is 6. The van der Waals surface area contributed by atoms with Gasteiger partial charge >= 0.3 is 196 Å². The molecule has 63 heavy (non-hydrogen) atoms. The molecule has 320 valence electrons. The first-order chi connectivity index (χ1) is 30.4. The number of imidazole rings is 1. The Balaban J connectivity index is 1.47. The van der Waals surface area contributed by atoms with Crippen molar-refractivity contribution >= 4 is 24.3 Å². The molecule has 0 bridgehead atoms. The van der Waals surface area contributed by atoms with Crippen molar-refractivity contribution in [1.29, 1.82) is 0 Å². The van der Waals surface area contributed by atoms with Crippen LogP contribution in [-0.2, 0) is 21.5 Å². The predicted molar refractivity (Wildman–Crippen MR) is 271 cm³/mol. The number of aromatic hydroxyl groups is 1. The van der Waals surface area contributed by atoms with Gasteiger partial charge in [-0.25, -0.2) is 0 Å². The van der Waals surface area contributed by atoms with Crippen LogP contribution in [0.2, 0.25) is 17.3 Å². The zero-order chi connectivity index (χ0) is 46.9. The molecule has 0 atom stereocenters. The molecule has 0 amide bonds. The van der Waals surface area contributed by atoms with Crippen molar-refractivity contribution in [2.24, 2.45) is 0 Å². The van der Waals surface area contributed by atoms with Crippen LogP contribution in [0.3, 0.4) is 0 Å². The van der Waals surface area contributed by atoms with E-state index in [4.69, 9.17) is 9.97 Å². The van der Waals surface area contributed by atoms with Crippen molar-refractivity contribution in [2.45, 2.75) is 101 Å². The van der Waals surface area contributed by atoms with Crippen molar-refractivity contribution in [2.75, 3.05) is 0 Å². The van der Waals surface area contributed by atoms with E-state index < -0.39 is 18.5 Å². The van der Waals surface area contributed by atoms with Gasteiger partial charge in [-0.2, -0.15) is 0 Å². The number of nitrogens with zero attached hydrogens (tertiary/aromatic N) is 3. The van der Waals surface area contributed by atoms with Gasteiger partial charge in [0.2, 0.25) is 0 Å². The first-order valence-corrected chi connectivity index (χ1v) is 29.6. The van der Waals surface area contributed by atoms with Gasteiger partial charge in [0.05, 0.1) is 0 Å². The fourth-order valence-electron chi connectivity index (χ4n) is 8.42. The minimum absolute atomic E-state index is 0.205. The molecule has 0 unspecified atom stereocenters. The molecule has 8 rings (SSSR count). The Morgan fingerprint density at radius 1 is 0.556 bits per heavy atom. The van der Waals surface area contributed by atoms with Gasteiger partial charge in [0.1, 0.15) is 5.75 Å². The van der Waals surface area contributed by atoms with Gasteiger partial charge in [0.25, 0.3) is 0 Å². The van der Waals surface area contributed by atoms with Crippen LogP contribution in [0.5, 0.6) is 5.75 Å². The molecule has 8 aromatic rings. The van der Waals surface area contributed by atoms with Crippen molar-refractivity contribution in [1.82, 2.24) is 14.5 Å². The third-order valence-corrected chi connectivity index (χ3v) is 14.0. The Morgan fingerprint density at radius 3 is 1.83 bits per heavy atom. The number of hydrogen-bond acceptors (Lipinski definition) is 3. The number of rotatable bonds is 8. The topological polar surface area (TPSA) is 50.9 Å². The molecule has 2 aromatic heterocycles. The monoisotopic (exact) mass is 893 g/mol. The van der Waals surface area contributed by atoms with Crippen LogP contribution in [0.4, 0.5) is 0 Å². The van der Waals surface area contributed by atoms with Crippen LogP contribution in [0.15, 0.2) is 146 Å². The van der Waals surface area contributed by atoms with E-state index in [-0.39, 0.29) is 22.0 Å². The fraction of sp³-hybridized carbons (Fsp3) is 0.276. The molecule has 0 fully saturated rings. The van der Waals surface area contributed by atoms with E-state index in [9.17, 15) is 7.85 Å². The van der Waals surface area contributed by atoms with Crippen LogP contribution in [0.25, 0.3) is 72.7 Å². The van der Waals surface area contributed by atoms with Gasteiger partial charge in [-0.3, -0.25) is 0 Å². The number of hydrogen-bond donors (Lipinski definition) is 1. The molecule has 0 aliphatic rings. The summed E-state index contributed by atoms with van der Waals surface area (Å²) < 4.78 is 20.6. The Bertz CT molecular complexity index is 3050. The van der Waals surface area contributed by atoms with Crippen LogP contribution in [-0.4, -0.2) is 32.9 Å². The molecule has 0 radical (unpaired) electrons. The fourth-order valence-corrected chi connectivity index (χ4v) is 10.6. The maximum absolute atomic E-state index is 12.6. The number of aromatic nitrogens is 3. The summed E-state index contributed by atoms with van der Waals surface area (Å²) in [6.07, 6.45) is 1.76. The number of fused-ring (bicyclic) bond motifs is 1. The standard InChI is InChI=1S/C58H63GeN3O/c1-56(2,3)44-32-42(31-43(33-44)50-30-38(28-29-60-50)37-59(10,11)12)46-24-19-25-52-53(46)61-55(48-35-45(57(4,5)6)36-49(54(48)63)58(7,8)9)62(52)51-27-26-41(39-20-15-13-16-21-39)34-47(51)40-22-17-14-18-23-40/h13-36,63H,37H2,1-12H3/i37D2. The van der Waals surface area contributed by atoms with E-state index in [1.807, 2.05) is 24.3 Å². The molecule has 0 saturated heterocycles. The summed E-state index contributed by atoms with van der Waals surface area (Å²) in [6.45, 7) is 19.8. The molecule has 2 heterocycles. The van der Waals surface area contributed by atoms with Crippen LogP contribution < -0.4 is 0 Å². The summed E-state index contributed by atoms with van der Waals surface area (Å²) in [6, 6.07) is 48.8. The summed E-state index contributed by atoms with van der Waals surface area (Å²) in [5, 5.41) is 11.2. The van der Waals surface area contributed by atoms with Gasteiger partial charge in [-0.1, -0.05) is 114 Å². The van der Waals surface area contributed by atoms with Crippen molar-refractivity contribution in [3.8, 4) is 67.5 Å². The van der Waals surface area contributed by atoms with Gasteiger partial charge < -0.3 is 5.11 Å². The van der Waals surface area contributed by atoms with E-state index >= 15 is 0 Å². The third kappa shape index (κ3) is 9.20. The van der Waals surface area contributed by atoms with Crippen LogP contribution >= 0.6 is 0 Å². The summed E-state index contributed by atoms with van der Waals surface area (Å²) >= 11 is -2.82. The molecule has 0 aliphatic heterocycles. The molecule has 5 heteroatoms. The second-order valence-electron chi connectivity index (χ2n) is 21.2. The SMILES string of the molecule is [2H][C]([2H])(c1ccnc(-c2cc(-c3cccc4c3nc(-c3cc(C(C)(C)C)cc(C(C)(C)C)c3O)n4-c3ccc(-c4ccccc4)cc3-c3ccccc3)cc(C(C)(C)C)c2)c1)[Ge]([CH3])([CH3])[CH3]. The summed E-state index contributed by atoms with van der Waals surface area (Å²) in [7, 11) is 0. The minimum atomic E-state index is -2.82. The average Bonchev–Trinajstić information content (AvgIpc) is 3.64. The molecular formula is C58H63GeN3O. The molecular weight excluding hydrogens is 827 g/mol. The molecule has 1 N–H and O–H groups in total. The number of phenolic OH excluding ortho intramolecular Hbond substituents is 1. The molecule has 0 saturated carbocycles. The zero-order valence-electron chi connectivity index (χ0n) is 41.1. The van der Waals surface area contributed by atoms with Crippen LogP contribution in [0.1, 0.15) is 87.3 Å². The van der Waals surface area contributed by atoms with Gasteiger partial charge in [0, 0.05) is 11.1 Å².